The Hall–Kier alpha value is -1.02. The molecule has 0 unspecified atom stereocenters. The fraction of sp³-hybridized carbons (Fsp3) is 0.632. The predicted molar refractivity (Wildman–Crippen MR) is 112 cm³/mol. The molecular formula is C19H30IN3O2. The smallest absolute Gasteiger partial charge is 0.191 e. The predicted octanol–water partition coefficient (Wildman–Crippen LogP) is 3.16. The van der Waals surface area contributed by atoms with Gasteiger partial charge in [-0.05, 0) is 49.8 Å². The van der Waals surface area contributed by atoms with Gasteiger partial charge in [-0.25, -0.2) is 0 Å². The SMILES string of the molecule is COc1ccc(C2(CN=C(N)N3CCCCC3)CCOCC2)cc1.I. The number of aliphatic imine (C=N–C) groups is 1. The number of halogens is 1. The van der Waals surface area contributed by atoms with Crippen molar-refractivity contribution in [3.63, 3.8) is 0 Å². The summed E-state index contributed by atoms with van der Waals surface area (Å²) >= 11 is 0. The molecule has 140 valence electrons. The Kier molecular flexibility index (Phi) is 7.81. The van der Waals surface area contributed by atoms with E-state index in [2.05, 4.69) is 17.0 Å². The third-order valence-electron chi connectivity index (χ3n) is 5.38. The second-order valence-electron chi connectivity index (χ2n) is 6.84. The van der Waals surface area contributed by atoms with Gasteiger partial charge in [-0.1, -0.05) is 12.1 Å². The molecule has 2 saturated heterocycles. The van der Waals surface area contributed by atoms with Crippen LogP contribution in [-0.2, 0) is 10.2 Å². The van der Waals surface area contributed by atoms with Gasteiger partial charge in [0.25, 0.3) is 0 Å². The van der Waals surface area contributed by atoms with Crippen molar-refractivity contribution in [2.75, 3.05) is 40.0 Å². The highest BCUT2D eigenvalue weighted by atomic mass is 127. The van der Waals surface area contributed by atoms with Gasteiger partial charge in [-0.15, -0.1) is 24.0 Å². The van der Waals surface area contributed by atoms with Crippen LogP contribution in [0.5, 0.6) is 5.75 Å². The van der Waals surface area contributed by atoms with Gasteiger partial charge in [0.2, 0.25) is 0 Å². The number of rotatable bonds is 4. The molecule has 2 heterocycles. The summed E-state index contributed by atoms with van der Waals surface area (Å²) in [6.07, 6.45) is 5.70. The number of hydrogen-bond donors (Lipinski definition) is 1. The molecule has 0 bridgehead atoms. The lowest BCUT2D eigenvalue weighted by Gasteiger charge is -2.37. The molecule has 1 aromatic carbocycles. The largest absolute Gasteiger partial charge is 0.497 e. The molecule has 1 aromatic rings. The number of nitrogens with zero attached hydrogens (tertiary/aromatic N) is 2. The summed E-state index contributed by atoms with van der Waals surface area (Å²) in [4.78, 5) is 7.02. The van der Waals surface area contributed by atoms with E-state index in [4.69, 9.17) is 20.2 Å². The summed E-state index contributed by atoms with van der Waals surface area (Å²) in [6, 6.07) is 8.39. The normalized spacial score (nSPS) is 20.7. The number of likely N-dealkylation sites (tertiary alicyclic amines) is 1. The van der Waals surface area contributed by atoms with Crippen molar-refractivity contribution < 1.29 is 9.47 Å². The minimum Gasteiger partial charge on any atom is -0.497 e. The van der Waals surface area contributed by atoms with Crippen LogP contribution in [0.3, 0.4) is 0 Å². The summed E-state index contributed by atoms with van der Waals surface area (Å²) in [5.74, 6) is 1.59. The van der Waals surface area contributed by atoms with Crippen molar-refractivity contribution in [3.8, 4) is 5.75 Å². The van der Waals surface area contributed by atoms with Crippen LogP contribution in [-0.4, -0.2) is 50.8 Å². The maximum absolute atomic E-state index is 6.27. The van der Waals surface area contributed by atoms with Crippen LogP contribution in [0.1, 0.15) is 37.7 Å². The third-order valence-corrected chi connectivity index (χ3v) is 5.38. The minimum absolute atomic E-state index is 0. The Morgan fingerprint density at radius 2 is 1.80 bits per heavy atom. The molecule has 5 nitrogen and oxygen atoms in total. The fourth-order valence-corrected chi connectivity index (χ4v) is 3.70. The monoisotopic (exact) mass is 459 g/mol. The quantitative estimate of drug-likeness (QED) is 0.427. The van der Waals surface area contributed by atoms with Gasteiger partial charge in [0.05, 0.1) is 13.7 Å². The minimum atomic E-state index is 0. The van der Waals surface area contributed by atoms with E-state index < -0.39 is 0 Å². The van der Waals surface area contributed by atoms with Crippen molar-refractivity contribution in [3.05, 3.63) is 29.8 Å². The summed E-state index contributed by atoms with van der Waals surface area (Å²) in [5, 5.41) is 0. The van der Waals surface area contributed by atoms with Crippen LogP contribution in [0.25, 0.3) is 0 Å². The zero-order valence-corrected chi connectivity index (χ0v) is 17.4. The standard InChI is InChI=1S/C19H29N3O2.HI/c1-23-17-7-5-16(6-8-17)19(9-13-24-14-10-19)15-21-18(20)22-11-3-2-4-12-22;/h5-8H,2-4,9-15H2,1H3,(H2,20,21);1H. The van der Waals surface area contributed by atoms with Crippen LogP contribution in [0.15, 0.2) is 29.3 Å². The average Bonchev–Trinajstić information content (AvgIpc) is 2.67. The Morgan fingerprint density at radius 1 is 1.16 bits per heavy atom. The molecule has 0 aromatic heterocycles. The van der Waals surface area contributed by atoms with Gasteiger partial charge in [0.1, 0.15) is 5.75 Å². The van der Waals surface area contributed by atoms with Gasteiger partial charge in [-0.2, -0.15) is 0 Å². The zero-order chi connectivity index (χ0) is 16.8. The van der Waals surface area contributed by atoms with E-state index >= 15 is 0 Å². The van der Waals surface area contributed by atoms with Crippen molar-refractivity contribution in [2.24, 2.45) is 10.7 Å². The molecule has 3 rings (SSSR count). The van der Waals surface area contributed by atoms with Gasteiger partial charge in [0.15, 0.2) is 5.96 Å². The number of benzene rings is 1. The van der Waals surface area contributed by atoms with Crippen molar-refractivity contribution in [2.45, 2.75) is 37.5 Å². The van der Waals surface area contributed by atoms with Crippen LogP contribution in [0.2, 0.25) is 0 Å². The molecule has 0 saturated carbocycles. The molecular weight excluding hydrogens is 429 g/mol. The second kappa shape index (κ2) is 9.62. The first kappa shape index (κ1) is 20.3. The molecule has 0 atom stereocenters. The van der Waals surface area contributed by atoms with E-state index in [1.54, 1.807) is 7.11 Å². The lowest BCUT2D eigenvalue weighted by molar-refractivity contribution is 0.0530. The van der Waals surface area contributed by atoms with Gasteiger partial charge >= 0.3 is 0 Å². The Morgan fingerprint density at radius 3 is 2.40 bits per heavy atom. The second-order valence-corrected chi connectivity index (χ2v) is 6.84. The molecule has 2 aliphatic rings. The lowest BCUT2D eigenvalue weighted by Crippen LogP contribution is -2.43. The third kappa shape index (κ3) is 5.00. The fourth-order valence-electron chi connectivity index (χ4n) is 3.70. The molecule has 25 heavy (non-hydrogen) atoms. The first-order valence-electron chi connectivity index (χ1n) is 9.01. The summed E-state index contributed by atoms with van der Waals surface area (Å²) in [5.41, 5.74) is 7.60. The van der Waals surface area contributed by atoms with E-state index in [-0.39, 0.29) is 29.4 Å². The topological polar surface area (TPSA) is 60.1 Å². The van der Waals surface area contributed by atoms with Crippen molar-refractivity contribution in [1.29, 1.82) is 0 Å². The molecule has 6 heteroatoms. The first-order chi connectivity index (χ1) is 11.7. The molecule has 0 amide bonds. The van der Waals surface area contributed by atoms with E-state index in [1.807, 2.05) is 12.1 Å². The number of nitrogens with two attached hydrogens (primary N) is 1. The highest BCUT2D eigenvalue weighted by Crippen LogP contribution is 2.36. The average molecular weight is 459 g/mol. The zero-order valence-electron chi connectivity index (χ0n) is 15.1. The molecule has 2 fully saturated rings. The molecule has 2 N–H and O–H groups in total. The Bertz CT molecular complexity index is 550. The van der Waals surface area contributed by atoms with Gasteiger partial charge in [-0.3, -0.25) is 4.99 Å². The van der Waals surface area contributed by atoms with E-state index in [0.717, 1.165) is 51.4 Å². The Balaban J connectivity index is 0.00000225. The Labute approximate surface area is 168 Å². The van der Waals surface area contributed by atoms with Gasteiger partial charge < -0.3 is 20.1 Å². The first-order valence-corrected chi connectivity index (χ1v) is 9.01. The summed E-state index contributed by atoms with van der Waals surface area (Å²) < 4.78 is 10.9. The van der Waals surface area contributed by atoms with Crippen molar-refractivity contribution in [1.82, 2.24) is 4.90 Å². The molecule has 0 spiro atoms. The van der Waals surface area contributed by atoms with Gasteiger partial charge in [0, 0.05) is 31.7 Å². The number of guanidine groups is 1. The number of hydrogen-bond acceptors (Lipinski definition) is 3. The van der Waals surface area contributed by atoms with Crippen LogP contribution < -0.4 is 10.5 Å². The summed E-state index contributed by atoms with van der Waals surface area (Å²) in [7, 11) is 1.70. The number of ether oxygens (including phenoxy) is 2. The van der Waals surface area contributed by atoms with E-state index in [1.165, 1.54) is 24.8 Å². The maximum Gasteiger partial charge on any atom is 0.191 e. The van der Waals surface area contributed by atoms with Crippen LogP contribution in [0, 0.1) is 0 Å². The lowest BCUT2D eigenvalue weighted by atomic mass is 9.74. The number of methoxy groups -OCH3 is 1. The molecule has 0 radical (unpaired) electrons. The summed E-state index contributed by atoms with van der Waals surface area (Å²) in [6.45, 7) is 4.36. The highest BCUT2D eigenvalue weighted by Gasteiger charge is 2.34. The molecule has 2 aliphatic heterocycles. The van der Waals surface area contributed by atoms with Crippen LogP contribution in [0.4, 0.5) is 0 Å². The van der Waals surface area contributed by atoms with E-state index in [9.17, 15) is 0 Å². The van der Waals surface area contributed by atoms with Crippen LogP contribution >= 0.6 is 24.0 Å². The maximum atomic E-state index is 6.27. The highest BCUT2D eigenvalue weighted by molar-refractivity contribution is 14.0. The number of piperidine rings is 1. The van der Waals surface area contributed by atoms with E-state index in [0.29, 0.717) is 5.96 Å². The molecule has 0 aliphatic carbocycles. The van der Waals surface area contributed by atoms with Crippen molar-refractivity contribution >= 4 is 29.9 Å².